The molecule has 0 atom stereocenters. The monoisotopic (exact) mass is 481 g/mol. The van der Waals surface area contributed by atoms with Gasteiger partial charge in [0.15, 0.2) is 0 Å². The van der Waals surface area contributed by atoms with Gasteiger partial charge in [0.25, 0.3) is 11.1 Å². The molecule has 0 spiro atoms. The highest BCUT2D eigenvalue weighted by atomic mass is 32.2. The van der Waals surface area contributed by atoms with Gasteiger partial charge in [0.05, 0.1) is 4.91 Å². The van der Waals surface area contributed by atoms with Gasteiger partial charge in [0.1, 0.15) is 6.54 Å². The fourth-order valence-corrected chi connectivity index (χ4v) is 5.06. The molecule has 1 aromatic heterocycles. The molecule has 4 aromatic rings. The normalized spacial score (nSPS) is 14.8. The molecule has 1 aliphatic rings. The molecule has 1 fully saturated rings. The van der Waals surface area contributed by atoms with Gasteiger partial charge < -0.3 is 9.88 Å². The lowest BCUT2D eigenvalue weighted by atomic mass is 10.1. The summed E-state index contributed by atoms with van der Waals surface area (Å²) in [4.78, 5) is 39.4. The van der Waals surface area contributed by atoms with E-state index in [1.165, 1.54) is 5.56 Å². The van der Waals surface area contributed by atoms with E-state index in [-0.39, 0.29) is 6.54 Å². The Morgan fingerprint density at radius 2 is 1.57 bits per heavy atom. The number of nitrogens with one attached hydrogen (secondary N) is 1. The van der Waals surface area contributed by atoms with Crippen LogP contribution in [-0.2, 0) is 16.1 Å². The molecule has 35 heavy (non-hydrogen) atoms. The van der Waals surface area contributed by atoms with Crippen LogP contribution >= 0.6 is 11.8 Å². The minimum absolute atomic E-state index is 0.313. The number of rotatable bonds is 6. The number of amides is 3. The summed E-state index contributed by atoms with van der Waals surface area (Å²) in [5.74, 6) is -0.877. The zero-order valence-electron chi connectivity index (χ0n) is 19.1. The summed E-state index contributed by atoms with van der Waals surface area (Å²) < 4.78 is 2.22. The molecule has 1 aliphatic heterocycles. The van der Waals surface area contributed by atoms with Crippen molar-refractivity contribution < 1.29 is 14.4 Å². The van der Waals surface area contributed by atoms with Crippen LogP contribution in [0.25, 0.3) is 17.0 Å². The van der Waals surface area contributed by atoms with Gasteiger partial charge >= 0.3 is 0 Å². The molecule has 0 bridgehead atoms. The summed E-state index contributed by atoms with van der Waals surface area (Å²) >= 11 is 0.865. The van der Waals surface area contributed by atoms with Gasteiger partial charge in [-0.3, -0.25) is 19.3 Å². The van der Waals surface area contributed by atoms with Crippen LogP contribution in [0, 0.1) is 6.92 Å². The van der Waals surface area contributed by atoms with Crippen LogP contribution in [0.4, 0.5) is 10.5 Å². The van der Waals surface area contributed by atoms with E-state index in [4.69, 9.17) is 0 Å². The number of benzene rings is 3. The van der Waals surface area contributed by atoms with E-state index in [1.807, 2.05) is 49.4 Å². The van der Waals surface area contributed by atoms with Crippen molar-refractivity contribution in [2.75, 3.05) is 11.9 Å². The van der Waals surface area contributed by atoms with Crippen LogP contribution in [0.5, 0.6) is 0 Å². The number of hydrogen-bond donors (Lipinski definition) is 1. The van der Waals surface area contributed by atoms with Gasteiger partial charge in [0, 0.05) is 34.4 Å². The van der Waals surface area contributed by atoms with E-state index in [0.29, 0.717) is 17.1 Å². The van der Waals surface area contributed by atoms with Crippen LogP contribution in [0.15, 0.2) is 89.8 Å². The molecule has 1 saturated heterocycles. The third-order valence-electron chi connectivity index (χ3n) is 5.97. The predicted molar refractivity (Wildman–Crippen MR) is 140 cm³/mol. The lowest BCUT2D eigenvalue weighted by Gasteiger charge is -2.12. The second kappa shape index (κ2) is 9.64. The van der Waals surface area contributed by atoms with E-state index in [0.717, 1.165) is 38.8 Å². The highest BCUT2D eigenvalue weighted by Crippen LogP contribution is 2.35. The number of para-hydroxylation sites is 2. The second-order valence-corrected chi connectivity index (χ2v) is 9.26. The van der Waals surface area contributed by atoms with Crippen LogP contribution in [0.1, 0.15) is 16.8 Å². The average molecular weight is 482 g/mol. The largest absolute Gasteiger partial charge is 0.340 e. The molecule has 0 unspecified atom stereocenters. The maximum atomic E-state index is 13.1. The summed E-state index contributed by atoms with van der Waals surface area (Å²) in [5.41, 5.74) is 4.75. The molecule has 0 saturated carbocycles. The van der Waals surface area contributed by atoms with Crippen molar-refractivity contribution in [1.29, 1.82) is 0 Å². The highest BCUT2D eigenvalue weighted by Gasteiger charge is 2.36. The van der Waals surface area contributed by atoms with E-state index in [1.54, 1.807) is 30.3 Å². The molecule has 1 N–H and O–H groups in total. The minimum atomic E-state index is -0.456. The first-order valence-electron chi connectivity index (χ1n) is 11.2. The molecule has 3 aromatic carbocycles. The van der Waals surface area contributed by atoms with Crippen LogP contribution in [0.2, 0.25) is 0 Å². The number of carbonyl (C=O) groups is 3. The van der Waals surface area contributed by atoms with Crippen molar-refractivity contribution in [2.45, 2.75) is 13.5 Å². The molecule has 0 aliphatic carbocycles. The maximum Gasteiger partial charge on any atom is 0.294 e. The Kier molecular flexibility index (Phi) is 6.25. The van der Waals surface area contributed by atoms with Crippen molar-refractivity contribution in [3.05, 3.63) is 107 Å². The third kappa shape index (κ3) is 4.63. The average Bonchev–Trinajstić information content (AvgIpc) is 3.28. The Balaban J connectivity index is 1.42. The maximum absolute atomic E-state index is 13.1. The number of imide groups is 1. The fraction of sp³-hybridized carbons (Fsp3) is 0.107. The summed E-state index contributed by atoms with van der Waals surface area (Å²) in [6, 6.07) is 27.2. The summed E-state index contributed by atoms with van der Waals surface area (Å²) in [7, 11) is 0. The molecule has 7 heteroatoms. The first-order chi connectivity index (χ1) is 17.0. The van der Waals surface area contributed by atoms with Gasteiger partial charge in [-0.25, -0.2) is 0 Å². The Morgan fingerprint density at radius 1 is 0.914 bits per heavy atom. The SMILES string of the molecule is Cc1c(/C=C2\SC(=O)N(CC(=O)Nc3ccccc3)C2=O)c2ccccc2n1Cc1ccccc1. The fourth-order valence-electron chi connectivity index (χ4n) is 4.24. The molecule has 5 rings (SSSR count). The number of carbonyl (C=O) groups excluding carboxylic acids is 3. The van der Waals surface area contributed by atoms with Crippen molar-refractivity contribution in [3.8, 4) is 0 Å². The van der Waals surface area contributed by atoms with Gasteiger partial charge in [-0.05, 0) is 48.5 Å². The molecular weight excluding hydrogens is 458 g/mol. The number of fused-ring (bicyclic) bond motifs is 1. The number of anilines is 1. The molecule has 6 nitrogen and oxygen atoms in total. The van der Waals surface area contributed by atoms with Crippen molar-refractivity contribution >= 4 is 51.5 Å². The van der Waals surface area contributed by atoms with Gasteiger partial charge in [-0.15, -0.1) is 0 Å². The summed E-state index contributed by atoms with van der Waals surface area (Å²) in [5, 5.41) is 3.28. The lowest BCUT2D eigenvalue weighted by molar-refractivity contribution is -0.127. The minimum Gasteiger partial charge on any atom is -0.340 e. The van der Waals surface area contributed by atoms with Crippen LogP contribution < -0.4 is 5.32 Å². The molecule has 0 radical (unpaired) electrons. The Bertz CT molecular complexity index is 1460. The second-order valence-electron chi connectivity index (χ2n) is 8.27. The zero-order chi connectivity index (χ0) is 24.4. The molecule has 174 valence electrons. The van der Waals surface area contributed by atoms with E-state index in [2.05, 4.69) is 28.1 Å². The quantitative estimate of drug-likeness (QED) is 0.360. The molecule has 2 heterocycles. The Labute approximate surface area is 207 Å². The molecular formula is C28H23N3O3S. The number of thioether (sulfide) groups is 1. The number of nitrogens with zero attached hydrogens (tertiary/aromatic N) is 2. The highest BCUT2D eigenvalue weighted by molar-refractivity contribution is 8.18. The van der Waals surface area contributed by atoms with Gasteiger partial charge in [0.2, 0.25) is 5.91 Å². The standard InChI is InChI=1S/C28H23N3O3S/c1-19-23(22-14-8-9-15-24(22)30(19)17-20-10-4-2-5-11-20)16-25-27(33)31(28(34)35-25)18-26(32)29-21-12-6-3-7-13-21/h2-16H,17-18H2,1H3,(H,29,32)/b25-16-. The van der Waals surface area contributed by atoms with Crippen molar-refractivity contribution in [3.63, 3.8) is 0 Å². The Hall–Kier alpha value is -4.10. The van der Waals surface area contributed by atoms with Crippen molar-refractivity contribution in [2.24, 2.45) is 0 Å². The van der Waals surface area contributed by atoms with E-state index < -0.39 is 17.1 Å². The van der Waals surface area contributed by atoms with Crippen LogP contribution in [-0.4, -0.2) is 33.1 Å². The predicted octanol–water partition coefficient (Wildman–Crippen LogP) is 5.67. The Morgan fingerprint density at radius 3 is 2.31 bits per heavy atom. The zero-order valence-corrected chi connectivity index (χ0v) is 19.9. The van der Waals surface area contributed by atoms with Crippen molar-refractivity contribution in [1.82, 2.24) is 9.47 Å². The number of hydrogen-bond acceptors (Lipinski definition) is 4. The molecule has 3 amide bonds. The van der Waals surface area contributed by atoms with E-state index >= 15 is 0 Å². The van der Waals surface area contributed by atoms with E-state index in [9.17, 15) is 14.4 Å². The van der Waals surface area contributed by atoms with Gasteiger partial charge in [-0.2, -0.15) is 0 Å². The smallest absolute Gasteiger partial charge is 0.294 e. The number of aromatic nitrogens is 1. The third-order valence-corrected chi connectivity index (χ3v) is 6.88. The lowest BCUT2D eigenvalue weighted by Crippen LogP contribution is -2.36. The van der Waals surface area contributed by atoms with Crippen LogP contribution in [0.3, 0.4) is 0 Å². The van der Waals surface area contributed by atoms with Gasteiger partial charge in [-0.1, -0.05) is 66.7 Å². The first kappa shape index (κ1) is 22.7. The summed E-state index contributed by atoms with van der Waals surface area (Å²) in [6.07, 6.45) is 1.78. The summed E-state index contributed by atoms with van der Waals surface area (Å²) in [6.45, 7) is 2.39. The topological polar surface area (TPSA) is 71.4 Å². The first-order valence-corrected chi connectivity index (χ1v) is 12.0.